The number of carbonyl (C=O) groups is 1. The van der Waals surface area contributed by atoms with E-state index in [-0.39, 0.29) is 17.8 Å². The third-order valence-corrected chi connectivity index (χ3v) is 4.43. The molecule has 1 unspecified atom stereocenters. The number of hydrogen-bond donors (Lipinski definition) is 1. The van der Waals surface area contributed by atoms with Crippen LogP contribution in [-0.2, 0) is 0 Å². The van der Waals surface area contributed by atoms with Gasteiger partial charge in [0.25, 0.3) is 11.7 Å². The Balaban J connectivity index is 1.66. The van der Waals surface area contributed by atoms with E-state index in [1.807, 2.05) is 7.05 Å². The van der Waals surface area contributed by atoms with Crippen LogP contribution in [0.2, 0.25) is 0 Å². The maximum Gasteiger partial charge on any atom is 0.295 e. The summed E-state index contributed by atoms with van der Waals surface area (Å²) < 4.78 is 5.24. The third kappa shape index (κ3) is 2.70. The molecule has 2 heterocycles. The average molecular weight is 278 g/mol. The van der Waals surface area contributed by atoms with E-state index in [1.54, 1.807) is 4.90 Å². The lowest BCUT2D eigenvalue weighted by Crippen LogP contribution is -2.38. The standard InChI is InChI=1S/C14H22N4O2/c1-18(10-6-3-2-4-7-10)14(19)12-16-13(20-17-12)11-8-5-9-15-11/h10-11,15H,2-9H2,1H3. The van der Waals surface area contributed by atoms with E-state index < -0.39 is 0 Å². The molecule has 1 aromatic rings. The minimum absolute atomic E-state index is 0.115. The van der Waals surface area contributed by atoms with Crippen LogP contribution in [0.25, 0.3) is 0 Å². The minimum Gasteiger partial charge on any atom is -0.337 e. The van der Waals surface area contributed by atoms with Crippen molar-refractivity contribution in [3.63, 3.8) is 0 Å². The maximum absolute atomic E-state index is 12.4. The highest BCUT2D eigenvalue weighted by Crippen LogP contribution is 2.24. The Morgan fingerprint density at radius 2 is 2.05 bits per heavy atom. The summed E-state index contributed by atoms with van der Waals surface area (Å²) in [6, 6.07) is 0.437. The Bertz CT molecular complexity index is 461. The van der Waals surface area contributed by atoms with Gasteiger partial charge in [0.05, 0.1) is 6.04 Å². The molecule has 1 aliphatic heterocycles. The van der Waals surface area contributed by atoms with Crippen LogP contribution in [-0.4, -0.2) is 40.6 Å². The molecule has 1 aromatic heterocycles. The molecule has 3 rings (SSSR count). The first-order chi connectivity index (χ1) is 9.75. The monoisotopic (exact) mass is 278 g/mol. The van der Waals surface area contributed by atoms with Gasteiger partial charge in [-0.25, -0.2) is 0 Å². The molecule has 6 nitrogen and oxygen atoms in total. The summed E-state index contributed by atoms with van der Waals surface area (Å²) in [6.45, 7) is 0.971. The van der Waals surface area contributed by atoms with Gasteiger partial charge in [-0.15, -0.1) is 0 Å². The Morgan fingerprint density at radius 3 is 2.75 bits per heavy atom. The maximum atomic E-state index is 12.4. The highest BCUT2D eigenvalue weighted by atomic mass is 16.5. The molecule has 20 heavy (non-hydrogen) atoms. The second-order valence-corrected chi connectivity index (χ2v) is 5.81. The molecule has 0 spiro atoms. The number of hydrogen-bond acceptors (Lipinski definition) is 5. The van der Waals surface area contributed by atoms with Crippen molar-refractivity contribution in [3.05, 3.63) is 11.7 Å². The molecule has 1 saturated carbocycles. The van der Waals surface area contributed by atoms with Gasteiger partial charge in [-0.3, -0.25) is 4.79 Å². The molecule has 2 fully saturated rings. The van der Waals surface area contributed by atoms with Gasteiger partial charge >= 0.3 is 0 Å². The molecule has 0 radical (unpaired) electrons. The van der Waals surface area contributed by atoms with E-state index >= 15 is 0 Å². The van der Waals surface area contributed by atoms with Crippen LogP contribution in [0.5, 0.6) is 0 Å². The van der Waals surface area contributed by atoms with Crippen LogP contribution in [0.3, 0.4) is 0 Å². The summed E-state index contributed by atoms with van der Waals surface area (Å²) in [6.07, 6.45) is 7.94. The summed E-state index contributed by atoms with van der Waals surface area (Å²) in [5.41, 5.74) is 0. The largest absolute Gasteiger partial charge is 0.337 e. The van der Waals surface area contributed by atoms with Crippen molar-refractivity contribution in [2.45, 2.75) is 57.0 Å². The summed E-state index contributed by atoms with van der Waals surface area (Å²) in [7, 11) is 1.85. The van der Waals surface area contributed by atoms with Gasteiger partial charge < -0.3 is 14.7 Å². The predicted molar refractivity (Wildman–Crippen MR) is 73.2 cm³/mol. The smallest absolute Gasteiger partial charge is 0.295 e. The van der Waals surface area contributed by atoms with Gasteiger partial charge in [0.1, 0.15) is 0 Å². The Labute approximate surface area is 118 Å². The van der Waals surface area contributed by atoms with E-state index in [9.17, 15) is 4.79 Å². The van der Waals surface area contributed by atoms with Crippen molar-refractivity contribution >= 4 is 5.91 Å². The van der Waals surface area contributed by atoms with Gasteiger partial charge in [-0.05, 0) is 32.2 Å². The number of carbonyl (C=O) groups excluding carboxylic acids is 1. The van der Waals surface area contributed by atoms with Crippen LogP contribution >= 0.6 is 0 Å². The van der Waals surface area contributed by atoms with Crippen molar-refractivity contribution in [2.24, 2.45) is 0 Å². The van der Waals surface area contributed by atoms with E-state index in [4.69, 9.17) is 4.52 Å². The summed E-state index contributed by atoms with van der Waals surface area (Å²) in [5, 5.41) is 7.16. The van der Waals surface area contributed by atoms with Crippen LogP contribution in [0.1, 0.15) is 67.5 Å². The van der Waals surface area contributed by atoms with Gasteiger partial charge in [-0.2, -0.15) is 4.98 Å². The summed E-state index contributed by atoms with van der Waals surface area (Å²) in [4.78, 5) is 18.5. The van der Waals surface area contributed by atoms with Gasteiger partial charge in [0.15, 0.2) is 0 Å². The minimum atomic E-state index is -0.120. The van der Waals surface area contributed by atoms with Crippen LogP contribution in [0.4, 0.5) is 0 Å². The molecule has 0 aromatic carbocycles. The molecule has 2 aliphatic rings. The predicted octanol–water partition coefficient (Wildman–Crippen LogP) is 1.90. The van der Waals surface area contributed by atoms with E-state index in [0.717, 1.165) is 32.2 Å². The number of amides is 1. The van der Waals surface area contributed by atoms with E-state index in [2.05, 4.69) is 15.5 Å². The molecule has 1 saturated heterocycles. The van der Waals surface area contributed by atoms with Gasteiger partial charge in [0.2, 0.25) is 5.89 Å². The van der Waals surface area contributed by atoms with Crippen molar-refractivity contribution in [2.75, 3.05) is 13.6 Å². The van der Waals surface area contributed by atoms with Gasteiger partial charge in [-0.1, -0.05) is 24.4 Å². The third-order valence-electron chi connectivity index (χ3n) is 4.43. The number of nitrogens with one attached hydrogen (secondary N) is 1. The summed E-state index contributed by atoms with van der Waals surface area (Å²) >= 11 is 0. The fraction of sp³-hybridized carbons (Fsp3) is 0.786. The zero-order valence-corrected chi connectivity index (χ0v) is 12.0. The van der Waals surface area contributed by atoms with Crippen molar-refractivity contribution in [3.8, 4) is 0 Å². The normalized spacial score (nSPS) is 23.9. The highest BCUT2D eigenvalue weighted by molar-refractivity contribution is 5.90. The number of nitrogens with zero attached hydrogens (tertiary/aromatic N) is 3. The first-order valence-corrected chi connectivity index (χ1v) is 7.60. The quantitative estimate of drug-likeness (QED) is 0.914. The summed E-state index contributed by atoms with van der Waals surface area (Å²) in [5.74, 6) is 0.620. The molecule has 110 valence electrons. The van der Waals surface area contributed by atoms with Gasteiger partial charge in [0, 0.05) is 13.1 Å². The molecule has 1 amide bonds. The number of aromatic nitrogens is 2. The van der Waals surface area contributed by atoms with Crippen LogP contribution < -0.4 is 5.32 Å². The van der Waals surface area contributed by atoms with Crippen molar-refractivity contribution < 1.29 is 9.32 Å². The van der Waals surface area contributed by atoms with E-state index in [1.165, 1.54) is 19.3 Å². The first kappa shape index (κ1) is 13.5. The van der Waals surface area contributed by atoms with Crippen molar-refractivity contribution in [1.29, 1.82) is 0 Å². The second-order valence-electron chi connectivity index (χ2n) is 5.81. The fourth-order valence-corrected chi connectivity index (χ4v) is 3.15. The molecule has 1 aliphatic carbocycles. The Morgan fingerprint density at radius 1 is 1.25 bits per heavy atom. The molecule has 6 heteroatoms. The number of rotatable bonds is 3. The van der Waals surface area contributed by atoms with Crippen molar-refractivity contribution in [1.82, 2.24) is 20.4 Å². The second kappa shape index (κ2) is 5.91. The fourth-order valence-electron chi connectivity index (χ4n) is 3.15. The SMILES string of the molecule is CN(C(=O)c1noc(C2CCCN2)n1)C1CCCCC1. The average Bonchev–Trinajstić information content (AvgIpc) is 3.17. The zero-order valence-electron chi connectivity index (χ0n) is 12.0. The zero-order chi connectivity index (χ0) is 13.9. The molecule has 0 bridgehead atoms. The molecule has 1 N–H and O–H groups in total. The van der Waals surface area contributed by atoms with E-state index in [0.29, 0.717) is 11.9 Å². The molecular formula is C14H22N4O2. The lowest BCUT2D eigenvalue weighted by molar-refractivity contribution is 0.0680. The van der Waals surface area contributed by atoms with Crippen LogP contribution in [0, 0.1) is 0 Å². The topological polar surface area (TPSA) is 71.3 Å². The van der Waals surface area contributed by atoms with Crippen LogP contribution in [0.15, 0.2) is 4.52 Å². The Hall–Kier alpha value is -1.43. The molecule has 1 atom stereocenters. The Kier molecular flexibility index (Phi) is 4.00. The first-order valence-electron chi connectivity index (χ1n) is 7.60. The molecular weight excluding hydrogens is 256 g/mol. The highest BCUT2D eigenvalue weighted by Gasteiger charge is 2.28. The lowest BCUT2D eigenvalue weighted by Gasteiger charge is -2.30. The lowest BCUT2D eigenvalue weighted by atomic mass is 9.94.